The molecule has 0 saturated heterocycles. The van der Waals surface area contributed by atoms with Gasteiger partial charge in [0.15, 0.2) is 11.0 Å². The first-order valence-electron chi connectivity index (χ1n) is 6.23. The van der Waals surface area contributed by atoms with Crippen molar-refractivity contribution in [2.75, 3.05) is 0 Å². The van der Waals surface area contributed by atoms with Gasteiger partial charge in [-0.15, -0.1) is 0 Å². The highest BCUT2D eigenvalue weighted by Gasteiger charge is 2.18. The summed E-state index contributed by atoms with van der Waals surface area (Å²) in [5.41, 5.74) is 3.28. The van der Waals surface area contributed by atoms with Crippen LogP contribution in [0.4, 0.5) is 4.39 Å². The molecule has 0 aliphatic carbocycles. The van der Waals surface area contributed by atoms with E-state index in [1.54, 1.807) is 6.07 Å². The second kappa shape index (κ2) is 3.54. The Labute approximate surface area is 109 Å². The maximum absolute atomic E-state index is 13.5. The summed E-state index contributed by atoms with van der Waals surface area (Å²) in [4.78, 5) is 0. The molecule has 4 aromatic rings. The molecule has 0 unspecified atom stereocenters. The molecule has 3 heteroatoms. The van der Waals surface area contributed by atoms with E-state index in [0.29, 0.717) is 0 Å². The minimum absolute atomic E-state index is 0.203. The van der Waals surface area contributed by atoms with E-state index in [4.69, 9.17) is 0 Å². The molecule has 2 aromatic heterocycles. The number of imidazole rings is 1. The predicted molar refractivity (Wildman–Crippen MR) is 73.5 cm³/mol. The van der Waals surface area contributed by atoms with Crippen LogP contribution in [0.25, 0.3) is 27.5 Å². The molecule has 19 heavy (non-hydrogen) atoms. The molecular formula is C16H12FN2+. The van der Waals surface area contributed by atoms with Crippen LogP contribution >= 0.6 is 0 Å². The Hall–Kier alpha value is -2.42. The molecule has 0 atom stereocenters. The van der Waals surface area contributed by atoms with Crippen molar-refractivity contribution >= 4 is 27.5 Å². The lowest BCUT2D eigenvalue weighted by Crippen LogP contribution is -2.27. The minimum Gasteiger partial charge on any atom is -0.225 e. The third kappa shape index (κ3) is 1.32. The number of halogens is 1. The molecule has 2 aromatic carbocycles. The Morgan fingerprint density at radius 1 is 1.05 bits per heavy atom. The number of rotatable bonds is 0. The number of aryl methyl sites for hydroxylation is 1. The molecule has 0 bridgehead atoms. The fourth-order valence-corrected chi connectivity index (χ4v) is 2.82. The van der Waals surface area contributed by atoms with Crippen LogP contribution in [0.2, 0.25) is 0 Å². The van der Waals surface area contributed by atoms with Crippen molar-refractivity contribution in [3.05, 3.63) is 60.5 Å². The maximum atomic E-state index is 13.5. The molecule has 0 amide bonds. The van der Waals surface area contributed by atoms with Gasteiger partial charge in [-0.1, -0.05) is 18.2 Å². The number of benzene rings is 2. The maximum Gasteiger partial charge on any atom is 0.295 e. The second-order valence-electron chi connectivity index (χ2n) is 4.79. The van der Waals surface area contributed by atoms with Crippen molar-refractivity contribution in [2.45, 2.75) is 0 Å². The van der Waals surface area contributed by atoms with Crippen molar-refractivity contribution in [2.24, 2.45) is 7.05 Å². The van der Waals surface area contributed by atoms with E-state index in [2.05, 4.69) is 21.1 Å². The first-order valence-corrected chi connectivity index (χ1v) is 6.23. The Morgan fingerprint density at radius 3 is 2.79 bits per heavy atom. The molecule has 0 N–H and O–H groups in total. The van der Waals surface area contributed by atoms with Gasteiger partial charge >= 0.3 is 0 Å². The lowest BCUT2D eigenvalue weighted by molar-refractivity contribution is -0.617. The zero-order chi connectivity index (χ0) is 13.0. The molecule has 92 valence electrons. The van der Waals surface area contributed by atoms with Crippen LogP contribution in [0.15, 0.2) is 54.7 Å². The molecule has 0 spiro atoms. The van der Waals surface area contributed by atoms with Crippen molar-refractivity contribution in [3.63, 3.8) is 0 Å². The fraction of sp³-hybridized carbons (Fsp3) is 0.0625. The number of nitrogens with zero attached hydrogens (tertiary/aromatic N) is 2. The average molecular weight is 251 g/mol. The van der Waals surface area contributed by atoms with E-state index in [9.17, 15) is 4.39 Å². The number of fused-ring (bicyclic) bond motifs is 5. The van der Waals surface area contributed by atoms with Gasteiger partial charge in [0.2, 0.25) is 0 Å². The monoisotopic (exact) mass is 251 g/mol. The Kier molecular flexibility index (Phi) is 1.96. The van der Waals surface area contributed by atoms with Crippen LogP contribution in [0.3, 0.4) is 0 Å². The summed E-state index contributed by atoms with van der Waals surface area (Å²) < 4.78 is 17.7. The van der Waals surface area contributed by atoms with Gasteiger partial charge in [-0.25, -0.2) is 8.96 Å². The summed E-state index contributed by atoms with van der Waals surface area (Å²) in [5, 5.41) is 1.98. The minimum atomic E-state index is -0.203. The zero-order valence-electron chi connectivity index (χ0n) is 10.5. The summed E-state index contributed by atoms with van der Waals surface area (Å²) in [5.74, 6) is -0.203. The van der Waals surface area contributed by atoms with E-state index in [0.717, 1.165) is 27.5 Å². The number of hydrogen-bond donors (Lipinski definition) is 0. The molecular weight excluding hydrogens is 239 g/mol. The molecule has 0 aliphatic rings. The van der Waals surface area contributed by atoms with Crippen molar-refractivity contribution < 1.29 is 8.96 Å². The van der Waals surface area contributed by atoms with Gasteiger partial charge in [0.1, 0.15) is 5.82 Å². The van der Waals surface area contributed by atoms with E-state index in [-0.39, 0.29) is 5.82 Å². The van der Waals surface area contributed by atoms with Crippen LogP contribution in [-0.2, 0) is 7.05 Å². The van der Waals surface area contributed by atoms with Gasteiger partial charge in [-0.2, -0.15) is 4.40 Å². The fourth-order valence-electron chi connectivity index (χ4n) is 2.82. The molecule has 0 radical (unpaired) electrons. The number of pyridine rings is 1. The Morgan fingerprint density at radius 2 is 1.89 bits per heavy atom. The highest BCUT2D eigenvalue weighted by molar-refractivity contribution is 5.95. The van der Waals surface area contributed by atoms with Gasteiger partial charge in [-0.05, 0) is 35.7 Å². The van der Waals surface area contributed by atoms with E-state index in [1.165, 1.54) is 6.07 Å². The average Bonchev–Trinajstić information content (AvgIpc) is 2.73. The third-order valence-electron chi connectivity index (χ3n) is 3.71. The summed E-state index contributed by atoms with van der Waals surface area (Å²) in [6, 6.07) is 15.1. The SMILES string of the molecule is C[n+]1c2ccccc2n2ccc3ccc(F)cc3c21. The number of hydrogen-bond acceptors (Lipinski definition) is 0. The van der Waals surface area contributed by atoms with Gasteiger partial charge in [0, 0.05) is 0 Å². The summed E-state index contributed by atoms with van der Waals surface area (Å²) in [6.45, 7) is 0. The summed E-state index contributed by atoms with van der Waals surface area (Å²) >= 11 is 0. The lowest BCUT2D eigenvalue weighted by atomic mass is 10.1. The van der Waals surface area contributed by atoms with Crippen LogP contribution in [0, 0.1) is 5.82 Å². The van der Waals surface area contributed by atoms with Crippen molar-refractivity contribution in [1.82, 2.24) is 4.40 Å². The van der Waals surface area contributed by atoms with Crippen LogP contribution in [-0.4, -0.2) is 4.40 Å². The Bertz CT molecular complexity index is 938. The Balaban J connectivity index is 2.36. The largest absolute Gasteiger partial charge is 0.295 e. The van der Waals surface area contributed by atoms with Crippen molar-refractivity contribution in [3.8, 4) is 0 Å². The van der Waals surface area contributed by atoms with Gasteiger partial charge in [-0.3, -0.25) is 0 Å². The van der Waals surface area contributed by atoms with Crippen LogP contribution < -0.4 is 4.57 Å². The molecule has 2 nitrogen and oxygen atoms in total. The summed E-state index contributed by atoms with van der Waals surface area (Å²) in [7, 11) is 2.02. The lowest BCUT2D eigenvalue weighted by Gasteiger charge is -1.97. The highest BCUT2D eigenvalue weighted by Crippen LogP contribution is 2.23. The van der Waals surface area contributed by atoms with Crippen molar-refractivity contribution in [1.29, 1.82) is 0 Å². The van der Waals surface area contributed by atoms with E-state index < -0.39 is 0 Å². The molecule has 0 saturated carbocycles. The third-order valence-corrected chi connectivity index (χ3v) is 3.71. The molecule has 0 fully saturated rings. The predicted octanol–water partition coefficient (Wildman–Crippen LogP) is 3.21. The topological polar surface area (TPSA) is 8.29 Å². The summed E-state index contributed by atoms with van der Waals surface area (Å²) in [6.07, 6.45) is 2.04. The van der Waals surface area contributed by atoms with E-state index in [1.807, 2.05) is 37.5 Å². The normalized spacial score (nSPS) is 11.7. The molecule has 2 heterocycles. The molecule has 0 aliphatic heterocycles. The number of para-hydroxylation sites is 2. The quantitative estimate of drug-likeness (QED) is 0.424. The van der Waals surface area contributed by atoms with Crippen LogP contribution in [0.5, 0.6) is 0 Å². The first kappa shape index (κ1) is 10.5. The molecule has 4 rings (SSSR count). The van der Waals surface area contributed by atoms with Gasteiger partial charge in [0.05, 0.1) is 18.6 Å². The highest BCUT2D eigenvalue weighted by atomic mass is 19.1. The van der Waals surface area contributed by atoms with Gasteiger partial charge in [0.25, 0.3) is 5.65 Å². The zero-order valence-corrected chi connectivity index (χ0v) is 10.5. The standard InChI is InChI=1S/C16H12FN2/c1-18-14-4-2-3-5-15(14)19-9-8-11-6-7-12(17)10-13(11)16(18)19/h2-10H,1H3/q+1. The number of aromatic nitrogens is 2. The van der Waals surface area contributed by atoms with E-state index >= 15 is 0 Å². The van der Waals surface area contributed by atoms with Gasteiger partial charge < -0.3 is 0 Å². The smallest absolute Gasteiger partial charge is 0.225 e. The van der Waals surface area contributed by atoms with Crippen LogP contribution in [0.1, 0.15) is 0 Å². The second-order valence-corrected chi connectivity index (χ2v) is 4.79. The first-order chi connectivity index (χ1) is 9.25.